The second kappa shape index (κ2) is 3.14. The molecule has 0 radical (unpaired) electrons. The van der Waals surface area contributed by atoms with Gasteiger partial charge in [0, 0.05) is 12.3 Å². The summed E-state index contributed by atoms with van der Waals surface area (Å²) in [6, 6.07) is 5.18. The standard InChI is InChI=1S/C10H9NO3/c1-6(10(12)13)9-5-7-8(14-9)3-2-4-11-7/h2-6H,1H3,(H,12,13). The molecule has 1 atom stereocenters. The molecule has 4 heteroatoms. The van der Waals surface area contributed by atoms with Crippen molar-refractivity contribution < 1.29 is 14.3 Å². The highest BCUT2D eigenvalue weighted by molar-refractivity contribution is 5.78. The first kappa shape index (κ1) is 8.74. The lowest BCUT2D eigenvalue weighted by Crippen LogP contribution is -2.05. The molecule has 0 aliphatic heterocycles. The minimum absolute atomic E-state index is 0.436. The fourth-order valence-corrected chi connectivity index (χ4v) is 1.22. The van der Waals surface area contributed by atoms with Crippen molar-refractivity contribution in [2.45, 2.75) is 12.8 Å². The molecule has 4 nitrogen and oxygen atoms in total. The van der Waals surface area contributed by atoms with Gasteiger partial charge in [-0.15, -0.1) is 0 Å². The molecule has 14 heavy (non-hydrogen) atoms. The van der Waals surface area contributed by atoms with E-state index in [9.17, 15) is 4.79 Å². The van der Waals surface area contributed by atoms with Crippen LogP contribution in [0.5, 0.6) is 0 Å². The zero-order valence-electron chi connectivity index (χ0n) is 7.60. The van der Waals surface area contributed by atoms with Crippen LogP contribution in [0.4, 0.5) is 0 Å². The highest BCUT2D eigenvalue weighted by atomic mass is 16.4. The first-order chi connectivity index (χ1) is 6.68. The van der Waals surface area contributed by atoms with Gasteiger partial charge in [-0.25, -0.2) is 0 Å². The number of carboxylic acids is 1. The largest absolute Gasteiger partial charge is 0.481 e. The molecule has 2 aromatic heterocycles. The lowest BCUT2D eigenvalue weighted by Gasteiger charge is -1.99. The fraction of sp³-hybridized carbons (Fsp3) is 0.200. The maximum atomic E-state index is 10.7. The van der Waals surface area contributed by atoms with Gasteiger partial charge in [0.15, 0.2) is 5.58 Å². The molecule has 2 rings (SSSR count). The SMILES string of the molecule is CC(C(=O)O)c1cc2ncccc2o1. The van der Waals surface area contributed by atoms with Gasteiger partial charge >= 0.3 is 5.97 Å². The van der Waals surface area contributed by atoms with E-state index < -0.39 is 11.9 Å². The molecule has 0 bridgehead atoms. The Morgan fingerprint density at radius 3 is 3.07 bits per heavy atom. The molecule has 0 spiro atoms. The average molecular weight is 191 g/mol. The van der Waals surface area contributed by atoms with Gasteiger partial charge in [-0.1, -0.05) is 0 Å². The second-order valence-corrected chi connectivity index (χ2v) is 3.10. The molecule has 0 aliphatic rings. The van der Waals surface area contributed by atoms with Crippen molar-refractivity contribution in [2.24, 2.45) is 0 Å². The Morgan fingerprint density at radius 2 is 2.43 bits per heavy atom. The van der Waals surface area contributed by atoms with Gasteiger partial charge in [0.2, 0.25) is 0 Å². The number of aromatic nitrogens is 1. The quantitative estimate of drug-likeness (QED) is 0.788. The van der Waals surface area contributed by atoms with Crippen LogP contribution in [0.2, 0.25) is 0 Å². The summed E-state index contributed by atoms with van der Waals surface area (Å²) in [6.07, 6.45) is 1.65. The number of fused-ring (bicyclic) bond motifs is 1. The molecule has 0 saturated carbocycles. The normalized spacial score (nSPS) is 12.9. The maximum Gasteiger partial charge on any atom is 0.313 e. The lowest BCUT2D eigenvalue weighted by atomic mass is 10.1. The van der Waals surface area contributed by atoms with Crippen LogP contribution < -0.4 is 0 Å². The smallest absolute Gasteiger partial charge is 0.313 e. The zero-order valence-corrected chi connectivity index (χ0v) is 7.60. The number of furan rings is 1. The van der Waals surface area contributed by atoms with Crippen molar-refractivity contribution in [1.29, 1.82) is 0 Å². The van der Waals surface area contributed by atoms with Crippen molar-refractivity contribution in [3.8, 4) is 0 Å². The fourth-order valence-electron chi connectivity index (χ4n) is 1.22. The van der Waals surface area contributed by atoms with E-state index in [1.807, 2.05) is 0 Å². The van der Waals surface area contributed by atoms with Crippen LogP contribution in [0.25, 0.3) is 11.1 Å². The van der Waals surface area contributed by atoms with Gasteiger partial charge in [-0.2, -0.15) is 0 Å². The zero-order chi connectivity index (χ0) is 10.1. The number of rotatable bonds is 2. The van der Waals surface area contributed by atoms with Crippen LogP contribution in [0, 0.1) is 0 Å². The molecule has 1 N–H and O–H groups in total. The van der Waals surface area contributed by atoms with E-state index in [1.165, 1.54) is 0 Å². The Labute approximate surface area is 80.2 Å². The number of hydrogen-bond acceptors (Lipinski definition) is 3. The summed E-state index contributed by atoms with van der Waals surface area (Å²) in [5, 5.41) is 8.78. The van der Waals surface area contributed by atoms with E-state index in [2.05, 4.69) is 4.98 Å². The second-order valence-electron chi connectivity index (χ2n) is 3.10. The van der Waals surface area contributed by atoms with E-state index >= 15 is 0 Å². The van der Waals surface area contributed by atoms with Crippen LogP contribution in [0.1, 0.15) is 18.6 Å². The Kier molecular flexibility index (Phi) is 1.96. The number of nitrogens with zero attached hydrogens (tertiary/aromatic N) is 1. The van der Waals surface area contributed by atoms with Gasteiger partial charge in [0.1, 0.15) is 17.2 Å². The van der Waals surface area contributed by atoms with Gasteiger partial charge in [0.25, 0.3) is 0 Å². The monoisotopic (exact) mass is 191 g/mol. The van der Waals surface area contributed by atoms with Crippen molar-refractivity contribution >= 4 is 17.1 Å². The Morgan fingerprint density at radius 1 is 1.64 bits per heavy atom. The molecule has 72 valence electrons. The summed E-state index contributed by atoms with van der Waals surface area (Å²) in [7, 11) is 0. The first-order valence-electron chi connectivity index (χ1n) is 4.26. The predicted octanol–water partition coefficient (Wildman–Crippen LogP) is 2.02. The van der Waals surface area contributed by atoms with Gasteiger partial charge in [0.05, 0.1) is 0 Å². The third-order valence-electron chi connectivity index (χ3n) is 2.10. The Hall–Kier alpha value is -1.84. The topological polar surface area (TPSA) is 63.3 Å². The van der Waals surface area contributed by atoms with Crippen LogP contribution >= 0.6 is 0 Å². The Balaban J connectivity index is 2.50. The summed E-state index contributed by atoms with van der Waals surface area (Å²) >= 11 is 0. The summed E-state index contributed by atoms with van der Waals surface area (Å²) in [5.74, 6) is -1.10. The molecule has 1 unspecified atom stereocenters. The number of hydrogen-bond donors (Lipinski definition) is 1. The van der Waals surface area contributed by atoms with E-state index in [1.54, 1.807) is 31.3 Å². The number of pyridine rings is 1. The third kappa shape index (κ3) is 1.35. The molecular formula is C10H9NO3. The molecule has 0 aromatic carbocycles. The average Bonchev–Trinajstić information content (AvgIpc) is 2.59. The van der Waals surface area contributed by atoms with Gasteiger partial charge in [-0.05, 0) is 19.1 Å². The number of aliphatic carboxylic acids is 1. The molecule has 0 amide bonds. The summed E-state index contributed by atoms with van der Waals surface area (Å²) in [4.78, 5) is 14.8. The Bertz CT molecular complexity index is 442. The third-order valence-corrected chi connectivity index (χ3v) is 2.10. The van der Waals surface area contributed by atoms with Crippen molar-refractivity contribution in [3.63, 3.8) is 0 Å². The van der Waals surface area contributed by atoms with E-state index in [-0.39, 0.29) is 0 Å². The highest BCUT2D eigenvalue weighted by Gasteiger charge is 2.18. The number of carbonyl (C=O) groups is 1. The summed E-state index contributed by atoms with van der Waals surface area (Å²) in [5.41, 5.74) is 1.31. The summed E-state index contributed by atoms with van der Waals surface area (Å²) < 4.78 is 5.35. The van der Waals surface area contributed by atoms with Crippen LogP contribution in [0.3, 0.4) is 0 Å². The van der Waals surface area contributed by atoms with Crippen LogP contribution in [-0.4, -0.2) is 16.1 Å². The molecule has 0 saturated heterocycles. The number of carboxylic acid groups (broad SMARTS) is 1. The van der Waals surface area contributed by atoms with Crippen molar-refractivity contribution in [1.82, 2.24) is 4.98 Å². The van der Waals surface area contributed by atoms with E-state index in [4.69, 9.17) is 9.52 Å². The first-order valence-corrected chi connectivity index (χ1v) is 4.26. The lowest BCUT2D eigenvalue weighted by molar-refractivity contribution is -0.138. The van der Waals surface area contributed by atoms with Crippen molar-refractivity contribution in [2.75, 3.05) is 0 Å². The van der Waals surface area contributed by atoms with E-state index in [0.717, 1.165) is 0 Å². The van der Waals surface area contributed by atoms with Gasteiger partial charge in [-0.3, -0.25) is 9.78 Å². The van der Waals surface area contributed by atoms with Crippen molar-refractivity contribution in [3.05, 3.63) is 30.2 Å². The van der Waals surface area contributed by atoms with Crippen LogP contribution in [0.15, 0.2) is 28.8 Å². The molecular weight excluding hydrogens is 182 g/mol. The minimum atomic E-state index is -0.899. The molecule has 2 aromatic rings. The molecule has 0 aliphatic carbocycles. The molecule has 2 heterocycles. The highest BCUT2D eigenvalue weighted by Crippen LogP contribution is 2.23. The summed E-state index contributed by atoms with van der Waals surface area (Å²) in [6.45, 7) is 1.58. The molecule has 0 fully saturated rings. The van der Waals surface area contributed by atoms with Crippen LogP contribution in [-0.2, 0) is 4.79 Å². The predicted molar refractivity (Wildman–Crippen MR) is 50.1 cm³/mol. The minimum Gasteiger partial charge on any atom is -0.481 e. The van der Waals surface area contributed by atoms with E-state index in [0.29, 0.717) is 16.9 Å². The maximum absolute atomic E-state index is 10.7. The van der Waals surface area contributed by atoms with Gasteiger partial charge < -0.3 is 9.52 Å².